The molecule has 1 atom stereocenters. The van der Waals surface area contributed by atoms with Gasteiger partial charge in [-0.05, 0) is 43.5 Å². The number of rotatable bonds is 6. The van der Waals surface area contributed by atoms with Crippen LogP contribution < -0.4 is 10.9 Å². The minimum atomic E-state index is -0.223. The van der Waals surface area contributed by atoms with E-state index in [4.69, 9.17) is 17.2 Å². The number of thiocarbonyl (C=S) groups is 1. The van der Waals surface area contributed by atoms with Crippen molar-refractivity contribution in [1.29, 1.82) is 0 Å². The number of benzene rings is 1. The van der Waals surface area contributed by atoms with Crippen molar-refractivity contribution in [3.05, 3.63) is 80.6 Å². The van der Waals surface area contributed by atoms with Gasteiger partial charge >= 0.3 is 0 Å². The highest BCUT2D eigenvalue weighted by Crippen LogP contribution is 2.38. The van der Waals surface area contributed by atoms with E-state index in [0.29, 0.717) is 32.8 Å². The minimum Gasteiger partial charge on any atom is -0.369 e. The molecule has 1 saturated heterocycles. The lowest BCUT2D eigenvalue weighted by Crippen LogP contribution is -2.31. The Morgan fingerprint density at radius 3 is 2.66 bits per heavy atom. The summed E-state index contributed by atoms with van der Waals surface area (Å²) < 4.78 is 2.00. The summed E-state index contributed by atoms with van der Waals surface area (Å²) in [5.74, 6) is 0.277. The van der Waals surface area contributed by atoms with Crippen molar-refractivity contribution in [2.45, 2.75) is 33.2 Å². The Hall–Kier alpha value is -2.97. The van der Waals surface area contributed by atoms with Gasteiger partial charge in [-0.1, -0.05) is 67.3 Å². The number of hydrogen-bond acceptors (Lipinski definition) is 6. The van der Waals surface area contributed by atoms with Crippen LogP contribution in [0.5, 0.6) is 0 Å². The van der Waals surface area contributed by atoms with E-state index in [1.54, 1.807) is 17.2 Å². The van der Waals surface area contributed by atoms with Crippen LogP contribution in [0.25, 0.3) is 11.7 Å². The van der Waals surface area contributed by atoms with Crippen LogP contribution >= 0.6 is 24.0 Å². The number of pyridine rings is 1. The van der Waals surface area contributed by atoms with Gasteiger partial charge in [-0.3, -0.25) is 18.9 Å². The molecule has 1 unspecified atom stereocenters. The van der Waals surface area contributed by atoms with Gasteiger partial charge in [0.2, 0.25) is 0 Å². The van der Waals surface area contributed by atoms with E-state index in [1.807, 2.05) is 63.2 Å². The number of carbonyl (C=O) groups is 1. The summed E-state index contributed by atoms with van der Waals surface area (Å²) in [4.78, 5) is 33.4. The summed E-state index contributed by atoms with van der Waals surface area (Å²) in [5.41, 5.74) is 2.63. The lowest BCUT2D eigenvalue weighted by atomic mass is 10.1. The van der Waals surface area contributed by atoms with Crippen LogP contribution in [0.4, 0.5) is 5.82 Å². The number of fused-ring (bicyclic) bond motifs is 1. The third-order valence-corrected chi connectivity index (χ3v) is 6.73. The molecule has 0 spiro atoms. The lowest BCUT2D eigenvalue weighted by molar-refractivity contribution is -0.123. The van der Waals surface area contributed by atoms with E-state index in [-0.39, 0.29) is 17.5 Å². The zero-order valence-corrected chi connectivity index (χ0v) is 19.8. The molecular weight excluding hydrogens is 440 g/mol. The largest absolute Gasteiger partial charge is 0.369 e. The molecule has 0 radical (unpaired) electrons. The van der Waals surface area contributed by atoms with Crippen molar-refractivity contribution in [1.82, 2.24) is 14.3 Å². The standard InChI is InChI=1S/C24H24N4O2S2/c1-4-12-25-20-18(22(29)27-13-8-9-15(2)21(27)26-20)14-19-23(30)28(24(31)32-19)16(3)17-10-6-5-7-11-17/h5-11,13-14,16,25H,4,12H2,1-3H3/b19-14-. The maximum absolute atomic E-state index is 13.3. The molecule has 0 aliphatic carbocycles. The van der Waals surface area contributed by atoms with Gasteiger partial charge in [0, 0.05) is 12.7 Å². The number of nitrogens with one attached hydrogen (secondary N) is 1. The van der Waals surface area contributed by atoms with Crippen LogP contribution in [0, 0.1) is 6.92 Å². The summed E-state index contributed by atoms with van der Waals surface area (Å²) in [5, 5.41) is 3.25. The van der Waals surface area contributed by atoms with Gasteiger partial charge in [0.1, 0.15) is 15.8 Å². The molecule has 6 nitrogen and oxygen atoms in total. The Labute approximate surface area is 196 Å². The Bertz CT molecular complexity index is 1280. The summed E-state index contributed by atoms with van der Waals surface area (Å²) in [6, 6.07) is 13.3. The molecule has 1 amide bonds. The number of amides is 1. The van der Waals surface area contributed by atoms with Crippen molar-refractivity contribution in [3.63, 3.8) is 0 Å². The van der Waals surface area contributed by atoms with Crippen LogP contribution in [-0.2, 0) is 4.79 Å². The maximum Gasteiger partial charge on any atom is 0.267 e. The van der Waals surface area contributed by atoms with Crippen LogP contribution in [0.15, 0.2) is 58.4 Å². The van der Waals surface area contributed by atoms with Crippen molar-refractivity contribution >= 4 is 51.7 Å². The van der Waals surface area contributed by atoms with Crippen LogP contribution in [-0.4, -0.2) is 31.1 Å². The van der Waals surface area contributed by atoms with Gasteiger partial charge in [0.25, 0.3) is 11.5 Å². The second-order valence-corrected chi connectivity index (χ2v) is 9.30. The molecular formula is C24H24N4O2S2. The Kier molecular flexibility index (Phi) is 6.43. The first-order chi connectivity index (χ1) is 15.4. The zero-order chi connectivity index (χ0) is 22.8. The van der Waals surface area contributed by atoms with Gasteiger partial charge in [-0.15, -0.1) is 0 Å². The Morgan fingerprint density at radius 2 is 1.94 bits per heavy atom. The van der Waals surface area contributed by atoms with E-state index >= 15 is 0 Å². The Morgan fingerprint density at radius 1 is 1.19 bits per heavy atom. The quantitative estimate of drug-likeness (QED) is 0.418. The van der Waals surface area contributed by atoms with Crippen molar-refractivity contribution in [2.24, 2.45) is 0 Å². The topological polar surface area (TPSA) is 66.7 Å². The highest BCUT2D eigenvalue weighted by molar-refractivity contribution is 8.26. The smallest absolute Gasteiger partial charge is 0.267 e. The number of aromatic nitrogens is 2. The first-order valence-electron chi connectivity index (χ1n) is 10.5. The summed E-state index contributed by atoms with van der Waals surface area (Å²) in [6.07, 6.45) is 4.20. The third-order valence-electron chi connectivity index (χ3n) is 5.39. The highest BCUT2D eigenvalue weighted by Gasteiger charge is 2.36. The van der Waals surface area contributed by atoms with Gasteiger partial charge < -0.3 is 5.32 Å². The molecule has 0 bridgehead atoms. The second kappa shape index (κ2) is 9.26. The van der Waals surface area contributed by atoms with E-state index in [9.17, 15) is 9.59 Å². The number of nitrogens with zero attached hydrogens (tertiary/aromatic N) is 3. The molecule has 4 rings (SSSR count). The molecule has 1 N–H and O–H groups in total. The molecule has 1 fully saturated rings. The number of aryl methyl sites for hydroxylation is 1. The third kappa shape index (κ3) is 4.08. The fourth-order valence-corrected chi connectivity index (χ4v) is 5.05. The molecule has 1 aliphatic heterocycles. The van der Waals surface area contributed by atoms with Gasteiger partial charge in [0.05, 0.1) is 16.5 Å². The highest BCUT2D eigenvalue weighted by atomic mass is 32.2. The fourth-order valence-electron chi connectivity index (χ4n) is 3.65. The molecule has 3 aromatic rings. The zero-order valence-electron chi connectivity index (χ0n) is 18.2. The number of hydrogen-bond donors (Lipinski definition) is 1. The van der Waals surface area contributed by atoms with Gasteiger partial charge in [0.15, 0.2) is 0 Å². The predicted octanol–water partition coefficient (Wildman–Crippen LogP) is 4.79. The monoisotopic (exact) mass is 464 g/mol. The average molecular weight is 465 g/mol. The van der Waals surface area contributed by atoms with Crippen molar-refractivity contribution in [3.8, 4) is 0 Å². The predicted molar refractivity (Wildman–Crippen MR) is 135 cm³/mol. The van der Waals surface area contributed by atoms with Crippen LogP contribution in [0.2, 0.25) is 0 Å². The lowest BCUT2D eigenvalue weighted by Gasteiger charge is -2.23. The molecule has 3 heterocycles. The van der Waals surface area contributed by atoms with Crippen LogP contribution in [0.1, 0.15) is 43.0 Å². The van der Waals surface area contributed by atoms with Crippen molar-refractivity contribution < 1.29 is 4.79 Å². The van der Waals surface area contributed by atoms with Crippen molar-refractivity contribution in [2.75, 3.05) is 11.9 Å². The fraction of sp³-hybridized carbons (Fsp3) is 0.250. The number of anilines is 1. The second-order valence-electron chi connectivity index (χ2n) is 7.63. The summed E-state index contributed by atoms with van der Waals surface area (Å²) in [7, 11) is 0. The Balaban J connectivity index is 1.78. The maximum atomic E-state index is 13.3. The van der Waals surface area contributed by atoms with E-state index < -0.39 is 0 Å². The first kappa shape index (κ1) is 22.2. The van der Waals surface area contributed by atoms with E-state index in [1.165, 1.54) is 16.2 Å². The van der Waals surface area contributed by atoms with Gasteiger partial charge in [-0.2, -0.15) is 0 Å². The molecule has 8 heteroatoms. The number of carbonyl (C=O) groups excluding carboxylic acids is 1. The average Bonchev–Trinajstić information content (AvgIpc) is 3.08. The minimum absolute atomic E-state index is 0.202. The first-order valence-corrected chi connectivity index (χ1v) is 11.7. The van der Waals surface area contributed by atoms with Crippen LogP contribution in [0.3, 0.4) is 0 Å². The molecule has 1 aromatic carbocycles. The molecule has 164 valence electrons. The number of thioether (sulfide) groups is 1. The normalized spacial score (nSPS) is 16.2. The van der Waals surface area contributed by atoms with E-state index in [0.717, 1.165) is 17.5 Å². The summed E-state index contributed by atoms with van der Waals surface area (Å²) >= 11 is 6.74. The molecule has 0 saturated carbocycles. The molecule has 2 aromatic heterocycles. The van der Waals surface area contributed by atoms with E-state index in [2.05, 4.69) is 5.32 Å². The molecule has 1 aliphatic rings. The SMILES string of the molecule is CCCNc1nc2c(C)cccn2c(=O)c1/C=C1\SC(=S)N(C(C)c2ccccc2)C1=O. The molecule has 32 heavy (non-hydrogen) atoms. The van der Waals surface area contributed by atoms with Gasteiger partial charge in [-0.25, -0.2) is 4.98 Å². The summed E-state index contributed by atoms with van der Waals surface area (Å²) in [6.45, 7) is 6.58.